The molecule has 3 nitrogen and oxygen atoms in total. The molecule has 0 bridgehead atoms. The molecule has 0 atom stereocenters. The van der Waals surface area contributed by atoms with Gasteiger partial charge in [-0.1, -0.05) is 0 Å². The molecule has 4 heteroatoms. The molecule has 2 N–H and O–H groups in total. The number of nitrogens with two attached hydrogens (primary N) is 1. The first-order valence-corrected chi connectivity index (χ1v) is 2.13. The quantitative estimate of drug-likeness (QED) is 0.595. The highest BCUT2D eigenvalue weighted by Gasteiger charge is 1.87. The van der Waals surface area contributed by atoms with Crippen LogP contribution in [-0.4, -0.2) is 19.1 Å². The Labute approximate surface area is 54.6 Å². The molecule has 0 unspecified atom stereocenters. The topological polar surface area (TPSA) is 52.3 Å². The molecule has 0 aliphatic heterocycles. The molecule has 1 amide bonds. The molecule has 50 valence electrons. The Morgan fingerprint density at radius 1 is 1.75 bits per heavy atom. The number of carbonyl (C=O) groups excluding carboxylic acids is 1. The Hall–Kier alpha value is -0.280. The lowest BCUT2D eigenvalue weighted by Crippen LogP contribution is -2.17. The van der Waals surface area contributed by atoms with E-state index in [1.54, 1.807) is 0 Å². The molecule has 0 heterocycles. The lowest BCUT2D eigenvalue weighted by molar-refractivity contribution is -0.122. The van der Waals surface area contributed by atoms with Crippen LogP contribution in [0.5, 0.6) is 0 Å². The number of hydrogen-bond donors (Lipinski definition) is 1. The summed E-state index contributed by atoms with van der Waals surface area (Å²) in [7, 11) is 0. The highest BCUT2D eigenvalue weighted by atomic mass is 35.5. The van der Waals surface area contributed by atoms with Gasteiger partial charge in [-0.15, -0.1) is 12.4 Å². The maximum absolute atomic E-state index is 9.86. The van der Waals surface area contributed by atoms with E-state index in [9.17, 15) is 4.79 Å². The third kappa shape index (κ3) is 9.21. The lowest BCUT2D eigenvalue weighted by atomic mass is 10.7. The van der Waals surface area contributed by atoms with Crippen LogP contribution in [-0.2, 0) is 9.53 Å². The molecule has 0 aromatic heterocycles. The van der Waals surface area contributed by atoms with Gasteiger partial charge >= 0.3 is 0 Å². The molecular formula is C4H10ClNO2. The van der Waals surface area contributed by atoms with Crippen molar-refractivity contribution in [2.24, 2.45) is 5.73 Å². The van der Waals surface area contributed by atoms with Gasteiger partial charge in [0.1, 0.15) is 6.61 Å². The predicted octanol–water partition coefficient (Wildman–Crippen LogP) is -0.0700. The van der Waals surface area contributed by atoms with Crippen LogP contribution in [0, 0.1) is 0 Å². The smallest absolute Gasteiger partial charge is 0.243 e. The van der Waals surface area contributed by atoms with Crippen LogP contribution in [0.2, 0.25) is 0 Å². The third-order valence-corrected chi connectivity index (χ3v) is 0.448. The van der Waals surface area contributed by atoms with Gasteiger partial charge in [0.15, 0.2) is 0 Å². The number of primary amides is 1. The highest BCUT2D eigenvalue weighted by Crippen LogP contribution is 1.67. The average Bonchev–Trinajstić information content (AvgIpc) is 1.61. The van der Waals surface area contributed by atoms with Gasteiger partial charge in [0.05, 0.1) is 0 Å². The molecule has 0 aliphatic rings. The fourth-order valence-corrected chi connectivity index (χ4v) is 0.203. The van der Waals surface area contributed by atoms with E-state index >= 15 is 0 Å². The number of rotatable bonds is 3. The minimum Gasteiger partial charge on any atom is -0.372 e. The summed E-state index contributed by atoms with van der Waals surface area (Å²) in [5, 5.41) is 0. The Kier molecular flexibility index (Phi) is 8.95. The third-order valence-electron chi connectivity index (χ3n) is 0.448. The molecule has 0 saturated heterocycles. The van der Waals surface area contributed by atoms with Crippen LogP contribution in [0.15, 0.2) is 0 Å². The molecule has 0 saturated carbocycles. The summed E-state index contributed by atoms with van der Waals surface area (Å²) in [5.74, 6) is -0.415. The van der Waals surface area contributed by atoms with Gasteiger partial charge in [0.2, 0.25) is 5.91 Å². The van der Waals surface area contributed by atoms with Crippen molar-refractivity contribution in [3.8, 4) is 0 Å². The largest absolute Gasteiger partial charge is 0.372 e. The molecule has 8 heavy (non-hydrogen) atoms. The Bertz CT molecular complexity index is 67.1. The van der Waals surface area contributed by atoms with Crippen molar-refractivity contribution in [3.63, 3.8) is 0 Å². The first-order chi connectivity index (χ1) is 3.27. The average molecular weight is 140 g/mol. The molecule has 0 spiro atoms. The van der Waals surface area contributed by atoms with Crippen LogP contribution >= 0.6 is 12.4 Å². The zero-order valence-electron chi connectivity index (χ0n) is 4.72. The zero-order chi connectivity index (χ0) is 5.70. The number of hydrogen-bond acceptors (Lipinski definition) is 2. The van der Waals surface area contributed by atoms with Crippen LogP contribution in [0.4, 0.5) is 0 Å². The second-order valence-corrected chi connectivity index (χ2v) is 1.10. The molecule has 0 aliphatic carbocycles. The maximum atomic E-state index is 9.86. The second kappa shape index (κ2) is 6.72. The normalized spacial score (nSPS) is 7.62. The van der Waals surface area contributed by atoms with Gasteiger partial charge in [-0.05, 0) is 6.92 Å². The van der Waals surface area contributed by atoms with Gasteiger partial charge in [-0.25, -0.2) is 0 Å². The van der Waals surface area contributed by atoms with Crippen LogP contribution < -0.4 is 5.73 Å². The van der Waals surface area contributed by atoms with Crippen LogP contribution in [0.25, 0.3) is 0 Å². The van der Waals surface area contributed by atoms with E-state index in [-0.39, 0.29) is 19.0 Å². The molecular weight excluding hydrogens is 130 g/mol. The minimum absolute atomic E-state index is 0. The van der Waals surface area contributed by atoms with Gasteiger partial charge in [-0.2, -0.15) is 0 Å². The summed E-state index contributed by atoms with van der Waals surface area (Å²) in [6, 6.07) is 0. The van der Waals surface area contributed by atoms with Gasteiger partial charge in [0.25, 0.3) is 0 Å². The summed E-state index contributed by atoms with van der Waals surface area (Å²) < 4.78 is 4.62. The predicted molar refractivity (Wildman–Crippen MR) is 32.9 cm³/mol. The Morgan fingerprint density at radius 2 is 2.25 bits per heavy atom. The molecule has 0 radical (unpaired) electrons. The number of halogens is 1. The van der Waals surface area contributed by atoms with Gasteiger partial charge < -0.3 is 10.5 Å². The van der Waals surface area contributed by atoms with Crippen LogP contribution in [0.3, 0.4) is 0 Å². The van der Waals surface area contributed by atoms with Gasteiger partial charge in [-0.3, -0.25) is 4.79 Å². The van der Waals surface area contributed by atoms with Crippen molar-refractivity contribution in [1.29, 1.82) is 0 Å². The van der Waals surface area contributed by atoms with E-state index in [2.05, 4.69) is 4.74 Å². The number of amides is 1. The first-order valence-electron chi connectivity index (χ1n) is 2.13. The summed E-state index contributed by atoms with van der Waals surface area (Å²) >= 11 is 0. The fraction of sp³-hybridized carbons (Fsp3) is 0.750. The molecule has 0 rings (SSSR count). The highest BCUT2D eigenvalue weighted by molar-refractivity contribution is 5.85. The Morgan fingerprint density at radius 3 is 2.38 bits per heavy atom. The van der Waals surface area contributed by atoms with E-state index < -0.39 is 5.91 Å². The van der Waals surface area contributed by atoms with E-state index in [1.807, 2.05) is 6.92 Å². The molecule has 0 aromatic carbocycles. The zero-order valence-corrected chi connectivity index (χ0v) is 5.53. The second-order valence-electron chi connectivity index (χ2n) is 1.10. The van der Waals surface area contributed by atoms with Gasteiger partial charge in [0, 0.05) is 6.61 Å². The van der Waals surface area contributed by atoms with Crippen LogP contribution in [0.1, 0.15) is 6.92 Å². The van der Waals surface area contributed by atoms with Crippen molar-refractivity contribution in [2.75, 3.05) is 13.2 Å². The van der Waals surface area contributed by atoms with Crippen molar-refractivity contribution >= 4 is 18.3 Å². The molecule has 0 fully saturated rings. The summed E-state index contributed by atoms with van der Waals surface area (Å²) in [6.07, 6.45) is 0. The van der Waals surface area contributed by atoms with E-state index in [0.717, 1.165) is 0 Å². The fourth-order valence-electron chi connectivity index (χ4n) is 0.203. The van der Waals surface area contributed by atoms with Crippen molar-refractivity contribution < 1.29 is 9.53 Å². The van der Waals surface area contributed by atoms with E-state index in [4.69, 9.17) is 5.73 Å². The summed E-state index contributed by atoms with van der Waals surface area (Å²) in [5.41, 5.74) is 4.71. The maximum Gasteiger partial charge on any atom is 0.243 e. The minimum atomic E-state index is -0.415. The van der Waals surface area contributed by atoms with Crippen molar-refractivity contribution in [1.82, 2.24) is 0 Å². The van der Waals surface area contributed by atoms with Crippen molar-refractivity contribution in [3.05, 3.63) is 0 Å². The van der Waals surface area contributed by atoms with E-state index in [1.165, 1.54) is 0 Å². The Balaban J connectivity index is 0. The first kappa shape index (κ1) is 10.7. The monoisotopic (exact) mass is 139 g/mol. The SMILES string of the molecule is CCOCC(N)=O.Cl. The standard InChI is InChI=1S/C4H9NO2.ClH/c1-2-7-3-4(5)6;/h2-3H2,1H3,(H2,5,6);1H. The summed E-state index contributed by atoms with van der Waals surface area (Å²) in [6.45, 7) is 2.39. The summed E-state index contributed by atoms with van der Waals surface area (Å²) in [4.78, 5) is 9.86. The van der Waals surface area contributed by atoms with E-state index in [0.29, 0.717) is 6.61 Å². The van der Waals surface area contributed by atoms with Crippen molar-refractivity contribution in [2.45, 2.75) is 6.92 Å². The number of carbonyl (C=O) groups is 1. The number of ether oxygens (including phenoxy) is 1. The lowest BCUT2D eigenvalue weighted by Gasteiger charge is -1.91. The molecule has 0 aromatic rings.